The maximum absolute atomic E-state index is 11.1. The van der Waals surface area contributed by atoms with Crippen molar-refractivity contribution < 1.29 is 10.0 Å². The van der Waals surface area contributed by atoms with Crippen LogP contribution >= 0.6 is 11.6 Å². The molecule has 4 aliphatic carbocycles. The standard InChI is InChI=1S/C16H18ClN3O3/c17-12-1-2-14(20(22)23)13(5-12)18-19-15-10-3-9-4-11(15)8-16(21,6-9)7-10/h1-2,5,9-11,18,21H,3-4,6-8H2/t9?,10-,11+,16?. The molecule has 1 aromatic rings. The highest BCUT2D eigenvalue weighted by Gasteiger charge is 2.53. The first-order chi connectivity index (χ1) is 10.9. The van der Waals surface area contributed by atoms with Gasteiger partial charge in [0.1, 0.15) is 5.69 Å². The average Bonchev–Trinajstić information content (AvgIpc) is 2.44. The molecule has 0 saturated heterocycles. The van der Waals surface area contributed by atoms with Crippen molar-refractivity contribution in [3.8, 4) is 0 Å². The van der Waals surface area contributed by atoms with Crippen molar-refractivity contribution in [1.29, 1.82) is 0 Å². The summed E-state index contributed by atoms with van der Waals surface area (Å²) in [6.07, 6.45) is 4.57. The van der Waals surface area contributed by atoms with Crippen LogP contribution in [0.5, 0.6) is 0 Å². The van der Waals surface area contributed by atoms with Crippen LogP contribution in [-0.4, -0.2) is 21.3 Å². The third-order valence-corrected chi connectivity index (χ3v) is 5.69. The van der Waals surface area contributed by atoms with E-state index in [2.05, 4.69) is 10.5 Å². The summed E-state index contributed by atoms with van der Waals surface area (Å²) in [4.78, 5) is 10.7. The van der Waals surface area contributed by atoms with Gasteiger partial charge < -0.3 is 5.11 Å². The summed E-state index contributed by atoms with van der Waals surface area (Å²) < 4.78 is 0. The van der Waals surface area contributed by atoms with Crippen molar-refractivity contribution in [3.05, 3.63) is 33.3 Å². The Balaban J connectivity index is 1.61. The molecule has 7 heteroatoms. The fraction of sp³-hybridized carbons (Fsp3) is 0.562. The molecule has 2 N–H and O–H groups in total. The lowest BCUT2D eigenvalue weighted by Gasteiger charge is -2.54. The summed E-state index contributed by atoms with van der Waals surface area (Å²) in [5.74, 6) is 1.17. The Morgan fingerprint density at radius 3 is 2.61 bits per heavy atom. The highest BCUT2D eigenvalue weighted by atomic mass is 35.5. The fourth-order valence-electron chi connectivity index (χ4n) is 4.79. The van der Waals surface area contributed by atoms with E-state index in [1.807, 2.05) is 0 Å². The van der Waals surface area contributed by atoms with Gasteiger partial charge in [-0.3, -0.25) is 15.5 Å². The first-order valence-electron chi connectivity index (χ1n) is 7.93. The Kier molecular flexibility index (Phi) is 3.35. The highest BCUT2D eigenvalue weighted by molar-refractivity contribution is 6.31. The molecular formula is C16H18ClN3O3. The molecule has 122 valence electrons. The molecule has 0 aliphatic heterocycles. The number of nitro groups is 1. The van der Waals surface area contributed by atoms with E-state index < -0.39 is 10.5 Å². The molecule has 0 radical (unpaired) electrons. The lowest BCUT2D eigenvalue weighted by atomic mass is 9.53. The van der Waals surface area contributed by atoms with E-state index in [0.29, 0.717) is 16.6 Å². The van der Waals surface area contributed by atoms with Crippen LogP contribution in [0.2, 0.25) is 5.02 Å². The Labute approximate surface area is 138 Å². The summed E-state index contributed by atoms with van der Waals surface area (Å²) in [5, 5.41) is 26.6. The number of benzene rings is 1. The number of hydrazone groups is 1. The number of hydrogen-bond acceptors (Lipinski definition) is 5. The summed E-state index contributed by atoms with van der Waals surface area (Å²) in [5.41, 5.74) is 3.66. The van der Waals surface area contributed by atoms with E-state index in [-0.39, 0.29) is 17.5 Å². The van der Waals surface area contributed by atoms with Crippen LogP contribution in [0.3, 0.4) is 0 Å². The van der Waals surface area contributed by atoms with Crippen molar-refractivity contribution in [2.45, 2.75) is 37.7 Å². The number of nitrogens with zero attached hydrogens (tertiary/aromatic N) is 2. The molecule has 0 aromatic heterocycles. The summed E-state index contributed by atoms with van der Waals surface area (Å²) in [6, 6.07) is 4.40. The van der Waals surface area contributed by atoms with E-state index in [1.54, 1.807) is 0 Å². The second kappa shape index (κ2) is 5.18. The molecule has 0 heterocycles. The number of aliphatic hydroxyl groups is 1. The van der Waals surface area contributed by atoms with Crippen molar-refractivity contribution in [3.63, 3.8) is 0 Å². The topological polar surface area (TPSA) is 87.8 Å². The minimum absolute atomic E-state index is 0.0406. The van der Waals surface area contributed by atoms with Gasteiger partial charge in [0.25, 0.3) is 5.69 Å². The second-order valence-corrected chi connectivity index (χ2v) is 7.57. The van der Waals surface area contributed by atoms with Crippen molar-refractivity contribution in [2.24, 2.45) is 22.9 Å². The molecular weight excluding hydrogens is 318 g/mol. The van der Waals surface area contributed by atoms with Crippen LogP contribution in [-0.2, 0) is 0 Å². The molecule has 23 heavy (non-hydrogen) atoms. The van der Waals surface area contributed by atoms with Crippen molar-refractivity contribution >= 4 is 28.7 Å². The number of nitrogens with one attached hydrogen (secondary N) is 1. The molecule has 2 unspecified atom stereocenters. The molecule has 0 spiro atoms. The molecule has 6 nitrogen and oxygen atoms in total. The predicted octanol–water partition coefficient (Wildman–Crippen LogP) is 3.59. The second-order valence-electron chi connectivity index (χ2n) is 7.14. The van der Waals surface area contributed by atoms with Gasteiger partial charge in [-0.2, -0.15) is 5.10 Å². The molecule has 4 atom stereocenters. The van der Waals surface area contributed by atoms with Gasteiger partial charge in [0.15, 0.2) is 0 Å². The predicted molar refractivity (Wildman–Crippen MR) is 87.7 cm³/mol. The molecule has 4 saturated carbocycles. The van der Waals surface area contributed by atoms with Crippen LogP contribution in [0.15, 0.2) is 23.3 Å². The van der Waals surface area contributed by atoms with Gasteiger partial charge >= 0.3 is 0 Å². The van der Waals surface area contributed by atoms with Gasteiger partial charge in [0.2, 0.25) is 0 Å². The van der Waals surface area contributed by atoms with Gasteiger partial charge in [-0.1, -0.05) is 11.6 Å². The Morgan fingerprint density at radius 1 is 1.30 bits per heavy atom. The normalized spacial score (nSPS) is 36.4. The lowest BCUT2D eigenvalue weighted by Crippen LogP contribution is -2.55. The van der Waals surface area contributed by atoms with Crippen LogP contribution in [0, 0.1) is 27.9 Å². The molecule has 4 fully saturated rings. The van der Waals surface area contributed by atoms with Gasteiger partial charge in [0.05, 0.1) is 10.5 Å². The Morgan fingerprint density at radius 2 is 2.00 bits per heavy atom. The minimum Gasteiger partial charge on any atom is -0.390 e. The SMILES string of the molecule is O=[N+]([O-])c1ccc(Cl)cc1NN=C1[C@@H]2CC3C[C@H]1CC(O)(C3)C2. The van der Waals surface area contributed by atoms with E-state index in [0.717, 1.165) is 37.8 Å². The van der Waals surface area contributed by atoms with Crippen molar-refractivity contribution in [2.75, 3.05) is 5.43 Å². The third kappa shape index (κ3) is 2.60. The third-order valence-electron chi connectivity index (χ3n) is 5.45. The summed E-state index contributed by atoms with van der Waals surface area (Å²) in [7, 11) is 0. The number of halogens is 1. The molecule has 1 aromatic carbocycles. The van der Waals surface area contributed by atoms with Gasteiger partial charge in [-0.05, 0) is 50.2 Å². The monoisotopic (exact) mass is 335 g/mol. The quantitative estimate of drug-likeness (QED) is 0.652. The van der Waals surface area contributed by atoms with Crippen LogP contribution in [0.25, 0.3) is 0 Å². The fourth-order valence-corrected chi connectivity index (χ4v) is 4.96. The maximum Gasteiger partial charge on any atom is 0.294 e. The first kappa shape index (κ1) is 14.9. The van der Waals surface area contributed by atoms with E-state index in [4.69, 9.17) is 11.6 Å². The zero-order chi connectivity index (χ0) is 16.2. The number of rotatable bonds is 3. The minimum atomic E-state index is -0.516. The number of hydrogen-bond donors (Lipinski definition) is 2. The van der Waals surface area contributed by atoms with E-state index in [1.165, 1.54) is 18.2 Å². The summed E-state index contributed by atoms with van der Waals surface area (Å²) >= 11 is 5.94. The van der Waals surface area contributed by atoms with Crippen LogP contribution in [0.4, 0.5) is 11.4 Å². The van der Waals surface area contributed by atoms with Crippen LogP contribution in [0.1, 0.15) is 32.1 Å². The average molecular weight is 336 g/mol. The summed E-state index contributed by atoms with van der Waals surface area (Å²) in [6.45, 7) is 0. The van der Waals surface area contributed by atoms with E-state index >= 15 is 0 Å². The highest BCUT2D eigenvalue weighted by Crippen LogP contribution is 2.54. The molecule has 5 rings (SSSR count). The van der Waals surface area contributed by atoms with Gasteiger partial charge in [-0.15, -0.1) is 0 Å². The smallest absolute Gasteiger partial charge is 0.294 e. The zero-order valence-corrected chi connectivity index (χ0v) is 13.3. The first-order valence-corrected chi connectivity index (χ1v) is 8.31. The largest absolute Gasteiger partial charge is 0.390 e. The molecule has 4 bridgehead atoms. The van der Waals surface area contributed by atoms with Gasteiger partial charge in [-0.25, -0.2) is 0 Å². The zero-order valence-electron chi connectivity index (χ0n) is 12.5. The van der Waals surface area contributed by atoms with Crippen LogP contribution < -0.4 is 5.43 Å². The number of anilines is 1. The van der Waals surface area contributed by atoms with E-state index in [9.17, 15) is 15.2 Å². The molecule has 0 amide bonds. The lowest BCUT2D eigenvalue weighted by molar-refractivity contribution is -0.384. The maximum atomic E-state index is 11.1. The Hall–Kier alpha value is -1.66. The van der Waals surface area contributed by atoms with Crippen molar-refractivity contribution in [1.82, 2.24) is 0 Å². The Bertz CT molecular complexity index is 688. The van der Waals surface area contributed by atoms with Gasteiger partial charge in [0, 0.05) is 28.6 Å². The molecule has 4 aliphatic rings. The number of nitro benzene ring substituents is 1.